The van der Waals surface area contributed by atoms with Crippen molar-refractivity contribution >= 4 is 5.97 Å². The van der Waals surface area contributed by atoms with Crippen molar-refractivity contribution in [3.63, 3.8) is 0 Å². The topological polar surface area (TPSA) is 55.8 Å². The fourth-order valence-electron chi connectivity index (χ4n) is 1.37. The summed E-state index contributed by atoms with van der Waals surface area (Å²) in [6, 6.07) is 4.30. The van der Waals surface area contributed by atoms with Gasteiger partial charge in [-0.15, -0.1) is 0 Å². The highest BCUT2D eigenvalue weighted by atomic mass is 19.1. The number of hydrogen-bond donors (Lipinski definition) is 1. The van der Waals surface area contributed by atoms with Crippen LogP contribution in [0.1, 0.15) is 5.56 Å². The molecule has 0 aliphatic heterocycles. The van der Waals surface area contributed by atoms with E-state index in [-0.39, 0.29) is 12.2 Å². The highest BCUT2D eigenvalue weighted by Gasteiger charge is 2.19. The number of aliphatic hydroxyl groups is 1. The molecule has 88 valence electrons. The van der Waals surface area contributed by atoms with Gasteiger partial charge in [-0.25, -0.2) is 9.18 Å². The molecule has 0 amide bonds. The molecular weight excluding hydrogens is 215 g/mol. The second-order valence-corrected chi connectivity index (χ2v) is 3.18. The summed E-state index contributed by atoms with van der Waals surface area (Å²) in [5.41, 5.74) is 0.417. The van der Waals surface area contributed by atoms with Gasteiger partial charge < -0.3 is 14.6 Å². The minimum absolute atomic E-state index is 0.0328. The van der Waals surface area contributed by atoms with Gasteiger partial charge >= 0.3 is 5.97 Å². The second kappa shape index (κ2) is 5.46. The minimum Gasteiger partial charge on any atom is -0.493 e. The summed E-state index contributed by atoms with van der Waals surface area (Å²) < 4.78 is 22.5. The Kier molecular flexibility index (Phi) is 4.25. The van der Waals surface area contributed by atoms with Gasteiger partial charge in [-0.3, -0.25) is 0 Å². The van der Waals surface area contributed by atoms with Crippen LogP contribution in [-0.4, -0.2) is 31.4 Å². The number of benzene rings is 1. The van der Waals surface area contributed by atoms with Crippen LogP contribution in [0, 0.1) is 5.82 Å². The van der Waals surface area contributed by atoms with E-state index in [0.717, 1.165) is 0 Å². The standard InChI is InChI=1S/C11H13FO4/c1-15-10-7(4-3-5-8(10)12)6-9(13)11(14)16-2/h3-5,9,13H,6H2,1-2H3. The average Bonchev–Trinajstić information content (AvgIpc) is 2.28. The van der Waals surface area contributed by atoms with Crippen LogP contribution >= 0.6 is 0 Å². The van der Waals surface area contributed by atoms with Gasteiger partial charge in [0.2, 0.25) is 0 Å². The molecule has 0 fully saturated rings. The molecule has 1 aromatic carbocycles. The number of methoxy groups -OCH3 is 2. The molecule has 16 heavy (non-hydrogen) atoms. The number of esters is 1. The summed E-state index contributed by atoms with van der Waals surface area (Å²) in [5, 5.41) is 9.43. The molecule has 0 saturated carbocycles. The number of carbonyl (C=O) groups is 1. The van der Waals surface area contributed by atoms with Crippen molar-refractivity contribution in [1.29, 1.82) is 0 Å². The minimum atomic E-state index is -1.32. The van der Waals surface area contributed by atoms with Crippen LogP contribution in [0.2, 0.25) is 0 Å². The number of aliphatic hydroxyl groups excluding tert-OH is 1. The molecule has 1 atom stereocenters. The SMILES string of the molecule is COC(=O)C(O)Cc1cccc(F)c1OC. The summed E-state index contributed by atoms with van der Waals surface area (Å²) in [7, 11) is 2.50. The molecule has 0 bridgehead atoms. The molecule has 5 heteroatoms. The number of ether oxygens (including phenoxy) is 2. The Morgan fingerprint density at radius 3 is 2.75 bits per heavy atom. The number of carbonyl (C=O) groups excluding carboxylic acids is 1. The lowest BCUT2D eigenvalue weighted by Gasteiger charge is -2.12. The van der Waals surface area contributed by atoms with Crippen molar-refractivity contribution in [1.82, 2.24) is 0 Å². The quantitative estimate of drug-likeness (QED) is 0.778. The van der Waals surface area contributed by atoms with Gasteiger partial charge in [0.25, 0.3) is 0 Å². The third-order valence-corrected chi connectivity index (χ3v) is 2.14. The average molecular weight is 228 g/mol. The lowest BCUT2D eigenvalue weighted by molar-refractivity contribution is -0.150. The van der Waals surface area contributed by atoms with Crippen LogP contribution in [0.15, 0.2) is 18.2 Å². The molecule has 0 heterocycles. The van der Waals surface area contributed by atoms with E-state index < -0.39 is 17.9 Å². The summed E-state index contributed by atoms with van der Waals surface area (Å²) in [6.45, 7) is 0. The Labute approximate surface area is 92.6 Å². The van der Waals surface area contributed by atoms with E-state index in [1.54, 1.807) is 6.07 Å². The first-order valence-electron chi connectivity index (χ1n) is 4.67. The molecule has 0 radical (unpaired) electrons. The number of para-hydroxylation sites is 1. The van der Waals surface area contributed by atoms with Crippen molar-refractivity contribution in [2.45, 2.75) is 12.5 Å². The normalized spacial score (nSPS) is 12.0. The molecule has 1 rings (SSSR count). The maximum atomic E-state index is 13.3. The van der Waals surface area contributed by atoms with Crippen LogP contribution in [0.25, 0.3) is 0 Å². The van der Waals surface area contributed by atoms with Gasteiger partial charge in [0.15, 0.2) is 17.7 Å². The number of rotatable bonds is 4. The Bertz CT molecular complexity index is 378. The predicted molar refractivity (Wildman–Crippen MR) is 54.7 cm³/mol. The second-order valence-electron chi connectivity index (χ2n) is 3.18. The number of halogens is 1. The van der Waals surface area contributed by atoms with E-state index in [1.165, 1.54) is 26.4 Å². The number of hydrogen-bond acceptors (Lipinski definition) is 4. The fourth-order valence-corrected chi connectivity index (χ4v) is 1.37. The molecule has 0 saturated heterocycles. The Hall–Kier alpha value is -1.62. The maximum Gasteiger partial charge on any atom is 0.335 e. The molecule has 1 aromatic rings. The smallest absolute Gasteiger partial charge is 0.335 e. The molecule has 0 aliphatic rings. The van der Waals surface area contributed by atoms with E-state index in [0.29, 0.717) is 5.56 Å². The van der Waals surface area contributed by atoms with E-state index in [9.17, 15) is 14.3 Å². The zero-order chi connectivity index (χ0) is 12.1. The molecule has 1 unspecified atom stereocenters. The summed E-state index contributed by atoms with van der Waals surface area (Å²) in [4.78, 5) is 11.0. The van der Waals surface area contributed by atoms with Crippen molar-refractivity contribution < 1.29 is 23.8 Å². The molecule has 0 spiro atoms. The van der Waals surface area contributed by atoms with Gasteiger partial charge in [0.1, 0.15) is 0 Å². The lowest BCUT2D eigenvalue weighted by atomic mass is 10.1. The van der Waals surface area contributed by atoms with Crippen molar-refractivity contribution in [3.05, 3.63) is 29.6 Å². The largest absolute Gasteiger partial charge is 0.493 e. The van der Waals surface area contributed by atoms with E-state index >= 15 is 0 Å². The van der Waals surface area contributed by atoms with Crippen LogP contribution in [-0.2, 0) is 16.0 Å². The summed E-state index contributed by atoms with van der Waals surface area (Å²) >= 11 is 0. The zero-order valence-corrected chi connectivity index (χ0v) is 9.07. The van der Waals surface area contributed by atoms with Crippen molar-refractivity contribution in [2.24, 2.45) is 0 Å². The molecule has 0 aliphatic carbocycles. The van der Waals surface area contributed by atoms with Crippen LogP contribution in [0.3, 0.4) is 0 Å². The highest BCUT2D eigenvalue weighted by molar-refractivity contribution is 5.74. The third kappa shape index (κ3) is 2.70. The van der Waals surface area contributed by atoms with Gasteiger partial charge in [-0.2, -0.15) is 0 Å². The monoisotopic (exact) mass is 228 g/mol. The van der Waals surface area contributed by atoms with Gasteiger partial charge in [-0.1, -0.05) is 12.1 Å². The molecule has 0 aromatic heterocycles. The zero-order valence-electron chi connectivity index (χ0n) is 9.07. The van der Waals surface area contributed by atoms with Crippen molar-refractivity contribution in [3.8, 4) is 5.75 Å². The Balaban J connectivity index is 2.88. The van der Waals surface area contributed by atoms with Gasteiger partial charge in [0.05, 0.1) is 14.2 Å². The third-order valence-electron chi connectivity index (χ3n) is 2.14. The summed E-state index contributed by atoms with van der Waals surface area (Å²) in [6.07, 6.45) is -1.37. The lowest BCUT2D eigenvalue weighted by Crippen LogP contribution is -2.24. The molecule has 4 nitrogen and oxygen atoms in total. The molecular formula is C11H13FO4. The summed E-state index contributed by atoms with van der Waals surface area (Å²) in [5.74, 6) is -1.26. The Morgan fingerprint density at radius 1 is 1.50 bits per heavy atom. The van der Waals surface area contributed by atoms with E-state index in [1.807, 2.05) is 0 Å². The van der Waals surface area contributed by atoms with Crippen LogP contribution < -0.4 is 4.74 Å². The highest BCUT2D eigenvalue weighted by Crippen LogP contribution is 2.23. The van der Waals surface area contributed by atoms with E-state index in [2.05, 4.69) is 4.74 Å². The molecule has 1 N–H and O–H groups in total. The first-order valence-corrected chi connectivity index (χ1v) is 4.67. The maximum absolute atomic E-state index is 13.3. The van der Waals surface area contributed by atoms with Gasteiger partial charge in [0, 0.05) is 12.0 Å². The predicted octanol–water partition coefficient (Wildman–Crippen LogP) is 0.911. The first-order chi connectivity index (χ1) is 7.60. The van der Waals surface area contributed by atoms with E-state index in [4.69, 9.17) is 4.74 Å². The van der Waals surface area contributed by atoms with Gasteiger partial charge in [-0.05, 0) is 6.07 Å². The van der Waals surface area contributed by atoms with Crippen LogP contribution in [0.4, 0.5) is 4.39 Å². The Morgan fingerprint density at radius 2 is 2.19 bits per heavy atom. The van der Waals surface area contributed by atoms with Crippen LogP contribution in [0.5, 0.6) is 5.75 Å². The first kappa shape index (κ1) is 12.4. The fraction of sp³-hybridized carbons (Fsp3) is 0.364. The van der Waals surface area contributed by atoms with Crippen molar-refractivity contribution in [2.75, 3.05) is 14.2 Å².